The van der Waals surface area contributed by atoms with Gasteiger partial charge in [-0.05, 0) is 44.1 Å². The molecule has 0 bridgehead atoms. The topological polar surface area (TPSA) is 105 Å². The Morgan fingerprint density at radius 1 is 1.26 bits per heavy atom. The third-order valence-corrected chi connectivity index (χ3v) is 5.41. The molecule has 1 amide bonds. The van der Waals surface area contributed by atoms with E-state index < -0.39 is 12.0 Å². The Morgan fingerprint density at radius 3 is 2.65 bits per heavy atom. The summed E-state index contributed by atoms with van der Waals surface area (Å²) in [4.78, 5) is 18.8. The third-order valence-electron chi connectivity index (χ3n) is 5.18. The van der Waals surface area contributed by atoms with Gasteiger partial charge in [-0.3, -0.25) is 4.79 Å². The normalized spacial score (nSPS) is 11.4. The van der Waals surface area contributed by atoms with Gasteiger partial charge in [0.2, 0.25) is 0 Å². The number of likely N-dealkylation sites (N-methyl/N-ethyl adjacent to an activating group) is 1. The molecule has 0 aliphatic carbocycles. The van der Waals surface area contributed by atoms with E-state index in [4.69, 9.17) is 21.8 Å². The number of fused-ring (bicyclic) bond motifs is 1. The molecule has 0 aliphatic rings. The number of rotatable bonds is 7. The molecule has 2 heterocycles. The quantitative estimate of drug-likeness (QED) is 0.433. The predicted molar refractivity (Wildman–Crippen MR) is 138 cm³/mol. The average molecular weight is 485 g/mol. The number of aliphatic hydroxyl groups excluding tert-OH is 1. The number of benzene rings is 1. The molecule has 7 nitrogen and oxygen atoms in total. The van der Waals surface area contributed by atoms with E-state index in [0.717, 1.165) is 23.9 Å². The van der Waals surface area contributed by atoms with Crippen molar-refractivity contribution < 1.29 is 14.3 Å². The Bertz CT molecular complexity index is 1170. The van der Waals surface area contributed by atoms with Crippen molar-refractivity contribution in [2.45, 2.75) is 40.7 Å². The van der Waals surface area contributed by atoms with Gasteiger partial charge in [-0.25, -0.2) is 4.98 Å². The summed E-state index contributed by atoms with van der Waals surface area (Å²) in [5, 5.41) is 15.1. The summed E-state index contributed by atoms with van der Waals surface area (Å²) in [6.07, 6.45) is 1.00. The maximum absolute atomic E-state index is 12.5. The molecule has 1 unspecified atom stereocenters. The number of carbonyl (C=O) groups is 1. The van der Waals surface area contributed by atoms with Crippen LogP contribution in [0.4, 0.5) is 5.82 Å². The lowest BCUT2D eigenvalue weighted by molar-refractivity contribution is 0.0844. The number of anilines is 1. The van der Waals surface area contributed by atoms with Crippen LogP contribution in [0, 0.1) is 18.8 Å². The van der Waals surface area contributed by atoms with Gasteiger partial charge in [0.25, 0.3) is 5.91 Å². The van der Waals surface area contributed by atoms with Crippen molar-refractivity contribution in [1.82, 2.24) is 15.2 Å². The summed E-state index contributed by atoms with van der Waals surface area (Å²) < 4.78 is 5.66. The van der Waals surface area contributed by atoms with E-state index in [9.17, 15) is 9.90 Å². The summed E-state index contributed by atoms with van der Waals surface area (Å²) in [6.45, 7) is 12.1. The summed E-state index contributed by atoms with van der Waals surface area (Å²) >= 11 is 6.12. The maximum Gasteiger partial charge on any atom is 0.287 e. The molecule has 4 N–H and O–H groups in total. The number of furan rings is 1. The fraction of sp³-hybridized carbons (Fsp3) is 0.385. The molecule has 0 spiro atoms. The molecule has 0 saturated carbocycles. The molecule has 0 fully saturated rings. The van der Waals surface area contributed by atoms with E-state index in [1.807, 2.05) is 33.8 Å². The molecule has 0 radical (unpaired) electrons. The van der Waals surface area contributed by atoms with Crippen LogP contribution in [0.15, 0.2) is 34.9 Å². The lowest BCUT2D eigenvalue weighted by atomic mass is 10.1. The lowest BCUT2D eigenvalue weighted by Gasteiger charge is -2.21. The van der Waals surface area contributed by atoms with Crippen LogP contribution in [-0.4, -0.2) is 53.2 Å². The van der Waals surface area contributed by atoms with Gasteiger partial charge in [-0.2, -0.15) is 0 Å². The number of hydrogen-bond donors (Lipinski definition) is 3. The van der Waals surface area contributed by atoms with Gasteiger partial charge in [-0.1, -0.05) is 51.3 Å². The molecule has 0 aliphatic heterocycles. The zero-order chi connectivity index (χ0) is 25.3. The largest absolute Gasteiger partial charge is 0.442 e. The van der Waals surface area contributed by atoms with E-state index in [0.29, 0.717) is 28.5 Å². The van der Waals surface area contributed by atoms with Crippen LogP contribution in [0.1, 0.15) is 55.1 Å². The highest BCUT2D eigenvalue weighted by molar-refractivity contribution is 6.31. The Labute approximate surface area is 206 Å². The second-order valence-electron chi connectivity index (χ2n) is 7.47. The molecule has 3 aromatic rings. The number of aliphatic hydroxyl groups is 1. The number of nitrogens with zero attached hydrogens (tertiary/aromatic N) is 2. The van der Waals surface area contributed by atoms with Crippen molar-refractivity contribution in [2.75, 3.05) is 31.9 Å². The summed E-state index contributed by atoms with van der Waals surface area (Å²) in [5.74, 6) is 6.30. The highest BCUT2D eigenvalue weighted by atomic mass is 35.5. The van der Waals surface area contributed by atoms with Crippen LogP contribution < -0.4 is 11.1 Å². The molecule has 3 rings (SSSR count). The average Bonchev–Trinajstić information content (AvgIpc) is 3.22. The number of hydrogen-bond acceptors (Lipinski definition) is 6. The molecule has 182 valence electrons. The van der Waals surface area contributed by atoms with Gasteiger partial charge in [0, 0.05) is 40.6 Å². The van der Waals surface area contributed by atoms with Gasteiger partial charge in [0.1, 0.15) is 5.82 Å². The summed E-state index contributed by atoms with van der Waals surface area (Å²) in [6, 6.07) is 7.10. The fourth-order valence-electron chi connectivity index (χ4n) is 3.36. The van der Waals surface area contributed by atoms with Gasteiger partial charge >= 0.3 is 0 Å². The van der Waals surface area contributed by atoms with Crippen molar-refractivity contribution in [3.63, 3.8) is 0 Å². The van der Waals surface area contributed by atoms with E-state index >= 15 is 0 Å². The number of amides is 1. The van der Waals surface area contributed by atoms with Crippen molar-refractivity contribution in [3.8, 4) is 11.8 Å². The lowest BCUT2D eigenvalue weighted by Crippen LogP contribution is -2.40. The molecule has 2 aromatic heterocycles. The first kappa shape index (κ1) is 27.2. The zero-order valence-corrected chi connectivity index (χ0v) is 21.2. The number of carbonyl (C=O) groups excluding carboxylic acids is 1. The first-order valence-corrected chi connectivity index (χ1v) is 11.8. The van der Waals surface area contributed by atoms with E-state index in [1.165, 1.54) is 0 Å². The number of nitrogens with one attached hydrogen (secondary N) is 1. The number of halogens is 1. The number of pyridine rings is 1. The van der Waals surface area contributed by atoms with E-state index in [1.54, 1.807) is 31.3 Å². The predicted octanol–water partition coefficient (Wildman–Crippen LogP) is 4.23. The minimum Gasteiger partial charge on any atom is -0.442 e. The molecule has 1 atom stereocenters. The van der Waals surface area contributed by atoms with Gasteiger partial charge in [0.05, 0.1) is 11.7 Å². The molecular weight excluding hydrogens is 452 g/mol. The van der Waals surface area contributed by atoms with Crippen molar-refractivity contribution in [1.29, 1.82) is 0 Å². The Morgan fingerprint density at radius 2 is 1.97 bits per heavy atom. The molecule has 1 aromatic carbocycles. The minimum absolute atomic E-state index is 0.134. The van der Waals surface area contributed by atoms with Gasteiger partial charge in [0.15, 0.2) is 11.5 Å². The molecule has 8 heteroatoms. The standard InChI is InChI=1S/C24H27ClN4O3.C2H6/c1-4-29(5-2)14-18(30)13-28-24(31)22-15(3)10-19(32-22)8-9-20-21-11-17(25)7-6-16(21)12-27-23(20)26;1-2/h6-7,10-12,18,30H,4-5,13-14H2,1-3H3,(H2,26,27)(H,28,31);1-2H3. The Kier molecular flexibility index (Phi) is 10.4. The van der Waals surface area contributed by atoms with Gasteiger partial charge in [-0.15, -0.1) is 0 Å². The van der Waals surface area contributed by atoms with Crippen molar-refractivity contribution in [3.05, 3.63) is 58.1 Å². The Hall–Kier alpha value is -3.05. The SMILES string of the molecule is CC.CCN(CC)CC(O)CNC(=O)c1oc(C#Cc2c(N)ncc3ccc(Cl)cc23)cc1C. The van der Waals surface area contributed by atoms with Crippen LogP contribution in [0.2, 0.25) is 5.02 Å². The van der Waals surface area contributed by atoms with Crippen LogP contribution in [0.5, 0.6) is 0 Å². The van der Waals surface area contributed by atoms with Crippen LogP contribution >= 0.6 is 11.6 Å². The molecule has 34 heavy (non-hydrogen) atoms. The van der Waals surface area contributed by atoms with Crippen LogP contribution in [-0.2, 0) is 0 Å². The minimum atomic E-state index is -0.665. The van der Waals surface area contributed by atoms with E-state index in [2.05, 4.69) is 27.0 Å². The van der Waals surface area contributed by atoms with E-state index in [-0.39, 0.29) is 18.1 Å². The summed E-state index contributed by atoms with van der Waals surface area (Å²) in [5.41, 5.74) is 7.22. The summed E-state index contributed by atoms with van der Waals surface area (Å²) in [7, 11) is 0. The molecule has 0 saturated heterocycles. The number of aromatic nitrogens is 1. The van der Waals surface area contributed by atoms with Crippen molar-refractivity contribution >= 4 is 34.1 Å². The van der Waals surface area contributed by atoms with Crippen LogP contribution in [0.3, 0.4) is 0 Å². The number of nitrogens with two attached hydrogens (primary N) is 1. The second-order valence-corrected chi connectivity index (χ2v) is 7.91. The zero-order valence-electron chi connectivity index (χ0n) is 20.4. The maximum atomic E-state index is 12.5. The number of aryl methyl sites for hydroxylation is 1. The highest BCUT2D eigenvalue weighted by Gasteiger charge is 2.17. The van der Waals surface area contributed by atoms with Crippen molar-refractivity contribution in [2.24, 2.45) is 0 Å². The monoisotopic (exact) mass is 484 g/mol. The first-order valence-electron chi connectivity index (χ1n) is 11.5. The number of nitrogen functional groups attached to an aromatic ring is 1. The molecular formula is C26H33ClN4O3. The Balaban J connectivity index is 0.00000199. The van der Waals surface area contributed by atoms with Gasteiger partial charge < -0.3 is 25.5 Å². The fourth-order valence-corrected chi connectivity index (χ4v) is 3.53. The second kappa shape index (κ2) is 13.0. The first-order chi connectivity index (χ1) is 16.3. The third kappa shape index (κ3) is 6.97. The smallest absolute Gasteiger partial charge is 0.287 e. The van der Waals surface area contributed by atoms with Crippen LogP contribution in [0.25, 0.3) is 10.8 Å². The highest BCUT2D eigenvalue weighted by Crippen LogP contribution is 2.25.